The number of hydrogen-bond acceptors (Lipinski definition) is 2. The molecule has 0 aliphatic heterocycles. The zero-order valence-electron chi connectivity index (χ0n) is 8.54. The molecule has 2 saturated carbocycles. The van der Waals surface area contributed by atoms with Crippen molar-refractivity contribution in [1.29, 1.82) is 0 Å². The van der Waals surface area contributed by atoms with Crippen LogP contribution in [-0.2, 0) is 0 Å². The van der Waals surface area contributed by atoms with Crippen LogP contribution in [0.25, 0.3) is 0 Å². The summed E-state index contributed by atoms with van der Waals surface area (Å²) in [5.74, 6) is 1.64. The molecule has 0 saturated heterocycles. The Morgan fingerprint density at radius 3 is 2.50 bits per heavy atom. The van der Waals surface area contributed by atoms with E-state index in [1.807, 2.05) is 11.3 Å². The molecule has 1 heterocycles. The van der Waals surface area contributed by atoms with Gasteiger partial charge in [0.25, 0.3) is 0 Å². The molecule has 14 heavy (non-hydrogen) atoms. The van der Waals surface area contributed by atoms with Gasteiger partial charge in [0.2, 0.25) is 0 Å². The fourth-order valence-electron chi connectivity index (χ4n) is 2.40. The first kappa shape index (κ1) is 8.90. The third kappa shape index (κ3) is 1.72. The van der Waals surface area contributed by atoms with E-state index in [-0.39, 0.29) is 0 Å². The minimum absolute atomic E-state index is 0.807. The smallest absolute Gasteiger partial charge is 0.0959 e. The first-order valence-electron chi connectivity index (χ1n) is 5.89. The van der Waals surface area contributed by atoms with Gasteiger partial charge in [-0.25, -0.2) is 4.98 Å². The molecule has 2 heteroatoms. The lowest BCUT2D eigenvalue weighted by molar-refractivity contribution is 0.442. The fourth-order valence-corrected chi connectivity index (χ4v) is 3.48. The maximum Gasteiger partial charge on any atom is 0.0959 e. The molecular weight excluding hydrogens is 190 g/mol. The fraction of sp³-hybridized carbons (Fsp3) is 0.750. The minimum Gasteiger partial charge on any atom is -0.246 e. The number of hydrogen-bond donors (Lipinski definition) is 0. The molecule has 0 amide bonds. The minimum atomic E-state index is 0.807. The molecule has 1 aromatic heterocycles. The molecule has 0 N–H and O–H groups in total. The maximum absolute atomic E-state index is 4.81. The molecule has 2 aliphatic carbocycles. The first-order chi connectivity index (χ1) is 6.93. The number of aromatic nitrogens is 1. The summed E-state index contributed by atoms with van der Waals surface area (Å²) in [6, 6.07) is 0. The van der Waals surface area contributed by atoms with Crippen molar-refractivity contribution in [2.45, 2.75) is 56.8 Å². The van der Waals surface area contributed by atoms with E-state index in [1.165, 1.54) is 55.6 Å². The third-order valence-electron chi connectivity index (χ3n) is 3.49. The van der Waals surface area contributed by atoms with Gasteiger partial charge < -0.3 is 0 Å². The van der Waals surface area contributed by atoms with Crippen molar-refractivity contribution in [3.63, 3.8) is 0 Å². The molecule has 3 rings (SSSR count). The van der Waals surface area contributed by atoms with Crippen LogP contribution in [-0.4, -0.2) is 4.98 Å². The lowest BCUT2D eigenvalue weighted by Crippen LogP contribution is -2.04. The molecule has 0 atom stereocenters. The van der Waals surface area contributed by atoms with E-state index in [1.54, 1.807) is 0 Å². The predicted octanol–water partition coefficient (Wildman–Crippen LogP) is 4.07. The van der Waals surface area contributed by atoms with E-state index < -0.39 is 0 Å². The standard InChI is InChI=1S/C12H17NS/c1-2-4-10(5-3-1)12-13-11(8-14-12)9-6-7-9/h8-10H,1-7H2. The average Bonchev–Trinajstić information content (AvgIpc) is 2.98. The van der Waals surface area contributed by atoms with Gasteiger partial charge in [0.05, 0.1) is 10.7 Å². The van der Waals surface area contributed by atoms with Gasteiger partial charge in [0.1, 0.15) is 0 Å². The van der Waals surface area contributed by atoms with Crippen molar-refractivity contribution in [3.8, 4) is 0 Å². The number of rotatable bonds is 2. The second kappa shape index (κ2) is 3.65. The largest absolute Gasteiger partial charge is 0.246 e. The maximum atomic E-state index is 4.81. The van der Waals surface area contributed by atoms with Crippen LogP contribution >= 0.6 is 11.3 Å². The molecule has 2 fully saturated rings. The van der Waals surface area contributed by atoms with Crippen LogP contribution in [0.2, 0.25) is 0 Å². The summed E-state index contributed by atoms with van der Waals surface area (Å²) in [6.45, 7) is 0. The summed E-state index contributed by atoms with van der Waals surface area (Å²) in [5, 5.41) is 3.74. The third-order valence-corrected chi connectivity index (χ3v) is 4.52. The average molecular weight is 207 g/mol. The van der Waals surface area contributed by atoms with E-state index in [0.717, 1.165) is 11.8 Å². The van der Waals surface area contributed by atoms with Gasteiger partial charge in [0.15, 0.2) is 0 Å². The molecule has 0 unspecified atom stereocenters. The number of thiazole rings is 1. The Bertz CT molecular complexity index is 308. The Balaban J connectivity index is 1.74. The van der Waals surface area contributed by atoms with Gasteiger partial charge >= 0.3 is 0 Å². The first-order valence-corrected chi connectivity index (χ1v) is 6.77. The second-order valence-electron chi connectivity index (χ2n) is 4.72. The van der Waals surface area contributed by atoms with Crippen molar-refractivity contribution >= 4 is 11.3 Å². The van der Waals surface area contributed by atoms with Crippen molar-refractivity contribution in [3.05, 3.63) is 16.1 Å². The van der Waals surface area contributed by atoms with Gasteiger partial charge in [-0.3, -0.25) is 0 Å². The number of nitrogens with zero attached hydrogens (tertiary/aromatic N) is 1. The van der Waals surface area contributed by atoms with Crippen molar-refractivity contribution in [2.75, 3.05) is 0 Å². The van der Waals surface area contributed by atoms with Gasteiger partial charge in [-0.1, -0.05) is 19.3 Å². The van der Waals surface area contributed by atoms with E-state index >= 15 is 0 Å². The highest BCUT2D eigenvalue weighted by Gasteiger charge is 2.27. The topological polar surface area (TPSA) is 12.9 Å². The van der Waals surface area contributed by atoms with Crippen LogP contribution in [0.15, 0.2) is 5.38 Å². The predicted molar refractivity (Wildman–Crippen MR) is 59.9 cm³/mol. The molecule has 0 aromatic carbocycles. The zero-order chi connectivity index (χ0) is 9.38. The highest BCUT2D eigenvalue weighted by molar-refractivity contribution is 7.09. The SMILES string of the molecule is c1sc(C2CCCCC2)nc1C1CC1. The zero-order valence-corrected chi connectivity index (χ0v) is 9.35. The second-order valence-corrected chi connectivity index (χ2v) is 5.61. The molecule has 0 bridgehead atoms. The Hall–Kier alpha value is -0.370. The normalized spacial score (nSPS) is 24.0. The van der Waals surface area contributed by atoms with Crippen LogP contribution in [0.4, 0.5) is 0 Å². The van der Waals surface area contributed by atoms with Gasteiger partial charge in [-0.2, -0.15) is 0 Å². The van der Waals surface area contributed by atoms with Gasteiger partial charge in [-0.15, -0.1) is 11.3 Å². The van der Waals surface area contributed by atoms with Crippen LogP contribution in [0.5, 0.6) is 0 Å². The lowest BCUT2D eigenvalue weighted by Gasteiger charge is -2.18. The lowest BCUT2D eigenvalue weighted by atomic mass is 9.90. The van der Waals surface area contributed by atoms with E-state index in [0.29, 0.717) is 0 Å². The van der Waals surface area contributed by atoms with Crippen LogP contribution in [0.3, 0.4) is 0 Å². The van der Waals surface area contributed by atoms with Crippen molar-refractivity contribution in [1.82, 2.24) is 4.98 Å². The molecular formula is C12H17NS. The Kier molecular flexibility index (Phi) is 2.32. The highest BCUT2D eigenvalue weighted by atomic mass is 32.1. The van der Waals surface area contributed by atoms with E-state index in [4.69, 9.17) is 4.98 Å². The Morgan fingerprint density at radius 2 is 1.79 bits per heavy atom. The molecule has 76 valence electrons. The Morgan fingerprint density at radius 1 is 1.00 bits per heavy atom. The summed E-state index contributed by atoms with van der Waals surface area (Å²) in [7, 11) is 0. The van der Waals surface area contributed by atoms with E-state index in [2.05, 4.69) is 5.38 Å². The van der Waals surface area contributed by atoms with Crippen LogP contribution in [0.1, 0.15) is 67.5 Å². The summed E-state index contributed by atoms with van der Waals surface area (Å²) in [4.78, 5) is 4.81. The van der Waals surface area contributed by atoms with Gasteiger partial charge in [0, 0.05) is 17.2 Å². The molecule has 0 radical (unpaired) electrons. The molecule has 2 aliphatic rings. The molecule has 0 spiro atoms. The van der Waals surface area contributed by atoms with Crippen LogP contribution < -0.4 is 0 Å². The molecule has 1 aromatic rings. The van der Waals surface area contributed by atoms with Crippen LogP contribution in [0, 0.1) is 0 Å². The Labute approximate surface area is 89.6 Å². The summed E-state index contributed by atoms with van der Waals surface area (Å²) >= 11 is 1.91. The summed E-state index contributed by atoms with van der Waals surface area (Å²) in [6.07, 6.45) is 9.82. The van der Waals surface area contributed by atoms with E-state index in [9.17, 15) is 0 Å². The summed E-state index contributed by atoms with van der Waals surface area (Å²) in [5.41, 5.74) is 1.40. The monoisotopic (exact) mass is 207 g/mol. The quantitative estimate of drug-likeness (QED) is 0.712. The van der Waals surface area contributed by atoms with Crippen molar-refractivity contribution in [2.24, 2.45) is 0 Å². The summed E-state index contributed by atoms with van der Waals surface area (Å²) < 4.78 is 0. The van der Waals surface area contributed by atoms with Crippen molar-refractivity contribution < 1.29 is 0 Å². The van der Waals surface area contributed by atoms with Gasteiger partial charge in [-0.05, 0) is 25.7 Å². The highest BCUT2D eigenvalue weighted by Crippen LogP contribution is 2.42. The molecule has 1 nitrogen and oxygen atoms in total.